The number of carbonyl (C=O) groups excluding carboxylic acids is 3. The van der Waals surface area contributed by atoms with Crippen molar-refractivity contribution in [1.82, 2.24) is 31.4 Å². The molecule has 3 atom stereocenters. The van der Waals surface area contributed by atoms with Crippen molar-refractivity contribution >= 4 is 40.7 Å². The van der Waals surface area contributed by atoms with E-state index in [1.165, 1.54) is 5.01 Å². The van der Waals surface area contributed by atoms with Gasteiger partial charge in [0.25, 0.3) is 5.91 Å². The molecule has 3 heterocycles. The van der Waals surface area contributed by atoms with Crippen LogP contribution in [0.2, 0.25) is 0 Å². The maximum atomic E-state index is 13.9. The molecule has 2 saturated heterocycles. The quantitative estimate of drug-likeness (QED) is 0.282. The van der Waals surface area contributed by atoms with Crippen molar-refractivity contribution in [3.05, 3.63) is 47.7 Å². The van der Waals surface area contributed by atoms with E-state index >= 15 is 0 Å². The van der Waals surface area contributed by atoms with E-state index in [1.807, 2.05) is 50.3 Å². The maximum absolute atomic E-state index is 13.9. The first-order chi connectivity index (χ1) is 20.5. The Morgan fingerprint density at radius 3 is 2.51 bits per heavy atom. The fraction of sp³-hybridized carbons (Fsp3) is 0.531. The number of benzene rings is 1. The van der Waals surface area contributed by atoms with Crippen LogP contribution in [0.3, 0.4) is 0 Å². The zero-order valence-electron chi connectivity index (χ0n) is 25.5. The predicted octanol–water partition coefficient (Wildman–Crippen LogP) is 2.41. The van der Waals surface area contributed by atoms with Gasteiger partial charge in [-0.05, 0) is 75.7 Å². The molecule has 0 spiro atoms. The second-order valence-electron chi connectivity index (χ2n) is 11.9. The van der Waals surface area contributed by atoms with E-state index in [4.69, 9.17) is 4.98 Å². The molecule has 2 aliphatic heterocycles. The molecule has 11 nitrogen and oxygen atoms in total. The molecule has 0 saturated carbocycles. The Morgan fingerprint density at radius 2 is 1.84 bits per heavy atom. The first kappa shape index (κ1) is 32.1. The van der Waals surface area contributed by atoms with E-state index in [2.05, 4.69) is 34.4 Å². The summed E-state index contributed by atoms with van der Waals surface area (Å²) in [6, 6.07) is 7.54. The zero-order chi connectivity index (χ0) is 31.1. The summed E-state index contributed by atoms with van der Waals surface area (Å²) in [6.07, 6.45) is 6.89. The molecule has 1 aromatic carbocycles. The maximum Gasteiger partial charge on any atom is 0.322 e. The Morgan fingerprint density at radius 1 is 1.12 bits per heavy atom. The van der Waals surface area contributed by atoms with Crippen LogP contribution in [0.15, 0.2) is 36.4 Å². The number of amides is 3. The van der Waals surface area contributed by atoms with E-state index in [1.54, 1.807) is 6.92 Å². The van der Waals surface area contributed by atoms with E-state index in [9.17, 15) is 24.3 Å². The summed E-state index contributed by atoms with van der Waals surface area (Å²) in [5.41, 5.74) is 4.79. The summed E-state index contributed by atoms with van der Waals surface area (Å²) in [4.78, 5) is 56.4. The number of aryl methyl sites for hydroxylation is 1. The molecule has 1 aromatic heterocycles. The van der Waals surface area contributed by atoms with Gasteiger partial charge in [0.1, 0.15) is 18.1 Å². The number of aromatic nitrogens is 1. The van der Waals surface area contributed by atoms with Crippen molar-refractivity contribution in [1.29, 1.82) is 0 Å². The molecule has 2 aromatic rings. The van der Waals surface area contributed by atoms with Crippen LogP contribution in [-0.4, -0.2) is 76.6 Å². The number of aliphatic carboxylic acids is 1. The van der Waals surface area contributed by atoms with Crippen LogP contribution in [0.25, 0.3) is 17.0 Å². The predicted molar refractivity (Wildman–Crippen MR) is 165 cm³/mol. The third kappa shape index (κ3) is 7.77. The van der Waals surface area contributed by atoms with E-state index in [0.29, 0.717) is 45.3 Å². The first-order valence-corrected chi connectivity index (χ1v) is 15.2. The molecule has 232 valence electrons. The number of carboxylic acid groups (broad SMARTS) is 1. The van der Waals surface area contributed by atoms with Crippen molar-refractivity contribution in [2.75, 3.05) is 19.6 Å². The summed E-state index contributed by atoms with van der Waals surface area (Å²) < 4.78 is 0. The van der Waals surface area contributed by atoms with Crippen molar-refractivity contribution in [2.45, 2.75) is 77.9 Å². The van der Waals surface area contributed by atoms with E-state index in [-0.39, 0.29) is 11.8 Å². The largest absolute Gasteiger partial charge is 0.480 e. The van der Waals surface area contributed by atoms with Crippen LogP contribution in [0, 0.1) is 11.3 Å². The monoisotopic (exact) mass is 592 g/mol. The van der Waals surface area contributed by atoms with Gasteiger partial charge < -0.3 is 21.1 Å². The number of pyridine rings is 1. The van der Waals surface area contributed by atoms with Gasteiger partial charge in [-0.2, -0.15) is 0 Å². The molecular formula is C32H44N6O5. The van der Waals surface area contributed by atoms with Gasteiger partial charge in [-0.1, -0.05) is 51.1 Å². The standard InChI is InChI=1S/C32H44N6O5/c1-5-24-11-10-23-9-8-22(19-26(23)35-24)12-13-32(14-16-33-17-15-32)31(43)36-27(20(2)3)28(39)34-21(4)29(40)38-18-6-7-25(37-38)30(41)42/h8-13,19-21,25,27,33,37H,5-7,14-18H2,1-4H3,(H,34,39)(H,36,43)(H,41,42)/b13-12+. The number of piperidine rings is 1. The summed E-state index contributed by atoms with van der Waals surface area (Å²) >= 11 is 0. The molecule has 11 heteroatoms. The third-order valence-corrected chi connectivity index (χ3v) is 8.39. The van der Waals surface area contributed by atoms with Crippen molar-refractivity contribution in [3.8, 4) is 0 Å². The van der Waals surface area contributed by atoms with Gasteiger partial charge in [0.2, 0.25) is 11.8 Å². The molecule has 3 unspecified atom stereocenters. The first-order valence-electron chi connectivity index (χ1n) is 15.2. The highest BCUT2D eigenvalue weighted by atomic mass is 16.4. The average Bonchev–Trinajstić information content (AvgIpc) is 3.01. The highest BCUT2D eigenvalue weighted by Gasteiger charge is 2.40. The van der Waals surface area contributed by atoms with Crippen molar-refractivity contribution in [2.24, 2.45) is 11.3 Å². The number of hydrazine groups is 1. The minimum absolute atomic E-state index is 0.229. The van der Waals surface area contributed by atoms with Gasteiger partial charge >= 0.3 is 5.97 Å². The average molecular weight is 593 g/mol. The highest BCUT2D eigenvalue weighted by Crippen LogP contribution is 2.32. The molecule has 3 amide bonds. The van der Waals surface area contributed by atoms with Crippen molar-refractivity contribution < 1.29 is 24.3 Å². The molecule has 0 aliphatic carbocycles. The number of carbonyl (C=O) groups is 4. The molecule has 2 aliphatic rings. The Hall–Kier alpha value is -3.83. The fourth-order valence-corrected chi connectivity index (χ4v) is 5.62. The van der Waals surface area contributed by atoms with Gasteiger partial charge in [-0.15, -0.1) is 0 Å². The van der Waals surface area contributed by atoms with Crippen LogP contribution < -0.4 is 21.4 Å². The molecular weight excluding hydrogens is 548 g/mol. The number of carboxylic acids is 1. The van der Waals surface area contributed by atoms with Crippen LogP contribution >= 0.6 is 0 Å². The zero-order valence-corrected chi connectivity index (χ0v) is 25.5. The number of rotatable bonds is 10. The molecule has 2 fully saturated rings. The lowest BCUT2D eigenvalue weighted by atomic mass is 9.77. The lowest BCUT2D eigenvalue weighted by Gasteiger charge is -2.36. The molecule has 4 rings (SSSR count). The minimum Gasteiger partial charge on any atom is -0.480 e. The number of nitrogens with one attached hydrogen (secondary N) is 4. The summed E-state index contributed by atoms with van der Waals surface area (Å²) in [7, 11) is 0. The van der Waals surface area contributed by atoms with Gasteiger partial charge in [0, 0.05) is 17.6 Å². The number of fused-ring (bicyclic) bond motifs is 1. The Kier molecular flexibility index (Phi) is 10.5. The normalized spacial score (nSPS) is 20.1. The smallest absolute Gasteiger partial charge is 0.322 e. The third-order valence-electron chi connectivity index (χ3n) is 8.39. The highest BCUT2D eigenvalue weighted by molar-refractivity contribution is 5.94. The molecule has 5 N–H and O–H groups in total. The van der Waals surface area contributed by atoms with Gasteiger partial charge in [0.05, 0.1) is 10.9 Å². The van der Waals surface area contributed by atoms with Crippen LogP contribution in [-0.2, 0) is 25.6 Å². The summed E-state index contributed by atoms with van der Waals surface area (Å²) in [5, 5.41) is 20.7. The second kappa shape index (κ2) is 14.1. The topological polar surface area (TPSA) is 153 Å². The molecule has 0 radical (unpaired) electrons. The van der Waals surface area contributed by atoms with Crippen LogP contribution in [0.4, 0.5) is 0 Å². The Bertz CT molecular complexity index is 1370. The Labute approximate surface area is 252 Å². The number of hydrogen-bond donors (Lipinski definition) is 5. The van der Waals surface area contributed by atoms with Crippen molar-refractivity contribution in [3.63, 3.8) is 0 Å². The lowest BCUT2D eigenvalue weighted by Crippen LogP contribution is -2.61. The van der Waals surface area contributed by atoms with Gasteiger partial charge in [-0.3, -0.25) is 29.2 Å². The van der Waals surface area contributed by atoms with Gasteiger partial charge in [0.15, 0.2) is 0 Å². The van der Waals surface area contributed by atoms with E-state index < -0.39 is 41.3 Å². The minimum atomic E-state index is -1.03. The SMILES string of the molecule is CCc1ccc2ccc(/C=C/C3(C(=O)NC(C(=O)NC(C)C(=O)N4CCCC(C(=O)O)N4)C(C)C)CCNCC3)cc2n1. The second-order valence-corrected chi connectivity index (χ2v) is 11.9. The number of hydrogen-bond acceptors (Lipinski definition) is 7. The summed E-state index contributed by atoms with van der Waals surface area (Å²) in [5.74, 6) is -2.39. The van der Waals surface area contributed by atoms with Crippen LogP contribution in [0.5, 0.6) is 0 Å². The van der Waals surface area contributed by atoms with Crippen LogP contribution in [0.1, 0.15) is 64.6 Å². The number of nitrogens with zero attached hydrogens (tertiary/aromatic N) is 2. The molecule has 43 heavy (non-hydrogen) atoms. The van der Waals surface area contributed by atoms with E-state index in [0.717, 1.165) is 28.6 Å². The fourth-order valence-electron chi connectivity index (χ4n) is 5.62. The lowest BCUT2D eigenvalue weighted by molar-refractivity contribution is -0.148. The van der Waals surface area contributed by atoms with Gasteiger partial charge in [-0.25, -0.2) is 5.43 Å². The molecule has 0 bridgehead atoms. The summed E-state index contributed by atoms with van der Waals surface area (Å²) in [6.45, 7) is 9.01. The Balaban J connectivity index is 1.47.